The van der Waals surface area contributed by atoms with E-state index in [-0.39, 0.29) is 10.8 Å². The van der Waals surface area contributed by atoms with Crippen molar-refractivity contribution < 1.29 is 13.2 Å². The summed E-state index contributed by atoms with van der Waals surface area (Å²) in [5, 5.41) is 7.11. The minimum Gasteiger partial charge on any atom is -0.307 e. The van der Waals surface area contributed by atoms with Crippen molar-refractivity contribution in [2.24, 2.45) is 0 Å². The number of carbonyl (C=O) groups excluding carboxylic acids is 1. The van der Waals surface area contributed by atoms with E-state index in [4.69, 9.17) is 0 Å². The average molecular weight is 393 g/mol. The molecule has 1 aromatic carbocycles. The van der Waals surface area contributed by atoms with Crippen molar-refractivity contribution in [3.63, 3.8) is 0 Å². The van der Waals surface area contributed by atoms with E-state index in [1.54, 1.807) is 10.7 Å². The largest absolute Gasteiger partial charge is 0.307 e. The summed E-state index contributed by atoms with van der Waals surface area (Å²) in [5.41, 5.74) is 1.22. The van der Waals surface area contributed by atoms with Crippen LogP contribution in [0.25, 0.3) is 0 Å². The normalized spacial score (nSPS) is 11.7. The first-order valence-corrected chi connectivity index (χ1v) is 10.7. The Hall–Kier alpha value is -2.19. The summed E-state index contributed by atoms with van der Waals surface area (Å²) in [7, 11) is -3.54. The number of amides is 1. The van der Waals surface area contributed by atoms with Crippen molar-refractivity contribution in [1.29, 1.82) is 0 Å². The Kier molecular flexibility index (Phi) is 7.15. The van der Waals surface area contributed by atoms with Crippen molar-refractivity contribution in [2.45, 2.75) is 52.0 Å². The maximum absolute atomic E-state index is 12.7. The predicted molar refractivity (Wildman–Crippen MR) is 106 cm³/mol. The number of nitrogens with zero attached hydrogens (tertiary/aromatic N) is 3. The molecular formula is C19H28N4O3S. The van der Waals surface area contributed by atoms with Gasteiger partial charge in [-0.2, -0.15) is 9.40 Å². The molecule has 1 amide bonds. The van der Waals surface area contributed by atoms with Gasteiger partial charge in [-0.05, 0) is 44.5 Å². The fourth-order valence-electron chi connectivity index (χ4n) is 2.79. The molecular weight excluding hydrogens is 364 g/mol. The molecule has 0 aliphatic rings. The third-order valence-electron chi connectivity index (χ3n) is 4.31. The lowest BCUT2D eigenvalue weighted by Gasteiger charge is -2.20. The summed E-state index contributed by atoms with van der Waals surface area (Å²) >= 11 is 0. The summed E-state index contributed by atoms with van der Waals surface area (Å²) < 4.78 is 28.7. The number of anilines is 1. The Morgan fingerprint density at radius 1 is 1.19 bits per heavy atom. The summed E-state index contributed by atoms with van der Waals surface area (Å²) in [6, 6.07) is 7.85. The number of sulfonamides is 1. The maximum Gasteiger partial charge on any atom is 0.256 e. The number of aromatic nitrogens is 2. The highest BCUT2D eigenvalue weighted by molar-refractivity contribution is 7.89. The second kappa shape index (κ2) is 9.14. The van der Waals surface area contributed by atoms with Gasteiger partial charge in [0.2, 0.25) is 10.0 Å². The van der Waals surface area contributed by atoms with Crippen LogP contribution < -0.4 is 5.32 Å². The molecule has 1 heterocycles. The second-order valence-corrected chi connectivity index (χ2v) is 8.25. The number of hydrogen-bond acceptors (Lipinski definition) is 4. The zero-order valence-corrected chi connectivity index (χ0v) is 17.2. The minimum atomic E-state index is -3.54. The number of rotatable bonds is 9. The van der Waals surface area contributed by atoms with Crippen LogP contribution in [0.2, 0.25) is 0 Å². The molecule has 0 fully saturated rings. The standard InChI is InChI=1S/C19H28N4O3S/c1-5-8-13-22(6-2)27(25,26)17-11-9-16(10-12-17)19(24)20-18-14-15(4)21-23(18)7-3/h9-12,14H,5-8,13H2,1-4H3,(H,20,24). The van der Waals surface area contributed by atoms with E-state index in [2.05, 4.69) is 10.4 Å². The van der Waals surface area contributed by atoms with Gasteiger partial charge in [0, 0.05) is 31.3 Å². The van der Waals surface area contributed by atoms with E-state index in [0.29, 0.717) is 31.0 Å². The van der Waals surface area contributed by atoms with E-state index in [9.17, 15) is 13.2 Å². The SMILES string of the molecule is CCCCN(CC)S(=O)(=O)c1ccc(C(=O)Nc2cc(C)nn2CC)cc1. The molecule has 0 spiro atoms. The fraction of sp³-hybridized carbons (Fsp3) is 0.474. The van der Waals surface area contributed by atoms with Gasteiger partial charge >= 0.3 is 0 Å². The van der Waals surface area contributed by atoms with E-state index in [1.807, 2.05) is 27.7 Å². The lowest BCUT2D eigenvalue weighted by Crippen LogP contribution is -2.31. The van der Waals surface area contributed by atoms with Crippen molar-refractivity contribution in [3.8, 4) is 0 Å². The third kappa shape index (κ3) is 4.95. The molecule has 2 rings (SSSR count). The summed E-state index contributed by atoms with van der Waals surface area (Å²) in [6.07, 6.45) is 1.75. The molecule has 0 aliphatic heterocycles. The van der Waals surface area contributed by atoms with Crippen LogP contribution >= 0.6 is 0 Å². The number of unbranched alkanes of at least 4 members (excludes halogenated alkanes) is 1. The molecule has 1 aromatic heterocycles. The molecule has 8 heteroatoms. The van der Waals surface area contributed by atoms with Crippen molar-refractivity contribution >= 4 is 21.7 Å². The Labute approximate surface area is 161 Å². The van der Waals surface area contributed by atoms with Gasteiger partial charge in [-0.25, -0.2) is 13.1 Å². The van der Waals surface area contributed by atoms with E-state index in [1.165, 1.54) is 28.6 Å². The van der Waals surface area contributed by atoms with Gasteiger partial charge in [-0.15, -0.1) is 0 Å². The van der Waals surface area contributed by atoms with Crippen LogP contribution in [0, 0.1) is 6.92 Å². The van der Waals surface area contributed by atoms with Crippen LogP contribution in [-0.4, -0.2) is 41.5 Å². The number of benzene rings is 1. The van der Waals surface area contributed by atoms with E-state index < -0.39 is 10.0 Å². The predicted octanol–water partition coefficient (Wildman–Crippen LogP) is 3.27. The molecule has 1 N–H and O–H groups in total. The first-order valence-electron chi connectivity index (χ1n) is 9.29. The highest BCUT2D eigenvalue weighted by atomic mass is 32.2. The highest BCUT2D eigenvalue weighted by Crippen LogP contribution is 2.18. The molecule has 7 nitrogen and oxygen atoms in total. The zero-order chi connectivity index (χ0) is 20.0. The second-order valence-electron chi connectivity index (χ2n) is 6.32. The lowest BCUT2D eigenvalue weighted by atomic mass is 10.2. The van der Waals surface area contributed by atoms with Gasteiger partial charge in [-0.3, -0.25) is 4.79 Å². The van der Waals surface area contributed by atoms with Crippen LogP contribution in [0.5, 0.6) is 0 Å². The van der Waals surface area contributed by atoms with E-state index in [0.717, 1.165) is 18.5 Å². The van der Waals surface area contributed by atoms with E-state index >= 15 is 0 Å². The zero-order valence-electron chi connectivity index (χ0n) is 16.4. The molecule has 0 atom stereocenters. The van der Waals surface area contributed by atoms with Gasteiger partial charge in [0.15, 0.2) is 0 Å². The van der Waals surface area contributed by atoms with Crippen LogP contribution in [-0.2, 0) is 16.6 Å². The van der Waals surface area contributed by atoms with Gasteiger partial charge in [-0.1, -0.05) is 20.3 Å². The lowest BCUT2D eigenvalue weighted by molar-refractivity contribution is 0.102. The number of nitrogens with one attached hydrogen (secondary N) is 1. The monoisotopic (exact) mass is 392 g/mol. The van der Waals surface area contributed by atoms with Crippen LogP contribution in [0.4, 0.5) is 5.82 Å². The topological polar surface area (TPSA) is 84.3 Å². The van der Waals surface area contributed by atoms with Gasteiger partial charge < -0.3 is 5.32 Å². The molecule has 0 unspecified atom stereocenters. The molecule has 0 radical (unpaired) electrons. The number of hydrogen-bond donors (Lipinski definition) is 1. The Morgan fingerprint density at radius 3 is 2.41 bits per heavy atom. The van der Waals surface area contributed by atoms with Crippen LogP contribution in [0.1, 0.15) is 49.7 Å². The van der Waals surface area contributed by atoms with Crippen molar-refractivity contribution in [2.75, 3.05) is 18.4 Å². The Morgan fingerprint density at radius 2 is 1.85 bits per heavy atom. The fourth-order valence-corrected chi connectivity index (χ4v) is 4.27. The molecule has 0 aliphatic carbocycles. The Bertz CT molecular complexity index is 873. The van der Waals surface area contributed by atoms with Crippen LogP contribution in [0.15, 0.2) is 35.2 Å². The number of aryl methyl sites for hydroxylation is 2. The summed E-state index contributed by atoms with van der Waals surface area (Å²) in [4.78, 5) is 12.7. The first-order chi connectivity index (χ1) is 12.8. The molecule has 27 heavy (non-hydrogen) atoms. The average Bonchev–Trinajstić information content (AvgIpc) is 3.01. The smallest absolute Gasteiger partial charge is 0.256 e. The summed E-state index contributed by atoms with van der Waals surface area (Å²) in [5.74, 6) is 0.320. The molecule has 0 saturated heterocycles. The van der Waals surface area contributed by atoms with Crippen LogP contribution in [0.3, 0.4) is 0 Å². The molecule has 2 aromatic rings. The Balaban J connectivity index is 2.17. The van der Waals surface area contributed by atoms with Crippen molar-refractivity contribution in [3.05, 3.63) is 41.6 Å². The minimum absolute atomic E-state index is 0.200. The molecule has 0 bridgehead atoms. The highest BCUT2D eigenvalue weighted by Gasteiger charge is 2.22. The van der Waals surface area contributed by atoms with Gasteiger partial charge in [0.05, 0.1) is 10.6 Å². The summed E-state index contributed by atoms with van der Waals surface area (Å²) in [6.45, 7) is 9.22. The quantitative estimate of drug-likeness (QED) is 0.710. The molecule has 148 valence electrons. The van der Waals surface area contributed by atoms with Gasteiger partial charge in [0.1, 0.15) is 5.82 Å². The first kappa shape index (κ1) is 21.1. The van der Waals surface area contributed by atoms with Crippen molar-refractivity contribution in [1.82, 2.24) is 14.1 Å². The maximum atomic E-state index is 12.7. The number of carbonyl (C=O) groups is 1. The molecule has 0 saturated carbocycles. The third-order valence-corrected chi connectivity index (χ3v) is 6.30. The van der Waals surface area contributed by atoms with Gasteiger partial charge in [0.25, 0.3) is 5.91 Å².